The number of hydrogen-bond acceptors (Lipinski definition) is 3. The van der Waals surface area contributed by atoms with Gasteiger partial charge in [0.1, 0.15) is 11.8 Å². The van der Waals surface area contributed by atoms with Crippen LogP contribution in [0.3, 0.4) is 0 Å². The molecule has 2 N–H and O–H groups in total. The Labute approximate surface area is 107 Å². The molecule has 4 nitrogen and oxygen atoms in total. The molecule has 0 aromatic heterocycles. The fraction of sp³-hybridized carbons (Fsp3) is 0.500. The molecule has 0 spiro atoms. The molecule has 0 saturated heterocycles. The maximum atomic E-state index is 10.6. The highest BCUT2D eigenvalue weighted by atomic mass is 16.5. The lowest BCUT2D eigenvalue weighted by Gasteiger charge is -2.10. The van der Waals surface area contributed by atoms with E-state index in [1.165, 1.54) is 12.8 Å². The van der Waals surface area contributed by atoms with E-state index >= 15 is 0 Å². The summed E-state index contributed by atoms with van der Waals surface area (Å²) in [4.78, 5) is 10.6. The zero-order valence-electron chi connectivity index (χ0n) is 10.6. The average Bonchev–Trinajstić information content (AvgIpc) is 3.18. The quantitative estimate of drug-likeness (QED) is 0.776. The second kappa shape index (κ2) is 5.87. The molecule has 1 atom stereocenters. The van der Waals surface area contributed by atoms with Crippen molar-refractivity contribution >= 4 is 5.97 Å². The first-order chi connectivity index (χ1) is 8.65. The molecule has 1 unspecified atom stereocenters. The largest absolute Gasteiger partial charge is 0.493 e. The first kappa shape index (κ1) is 12.9. The average molecular weight is 249 g/mol. The summed E-state index contributed by atoms with van der Waals surface area (Å²) in [5.41, 5.74) is 1.06. The Balaban J connectivity index is 1.77. The Morgan fingerprint density at radius 3 is 2.67 bits per heavy atom. The fourth-order valence-electron chi connectivity index (χ4n) is 1.56. The van der Waals surface area contributed by atoms with Crippen LogP contribution in [-0.2, 0) is 11.3 Å². The second-order valence-electron chi connectivity index (χ2n) is 4.84. The van der Waals surface area contributed by atoms with Crippen molar-refractivity contribution in [2.24, 2.45) is 5.92 Å². The Bertz CT molecular complexity index is 398. The predicted octanol–water partition coefficient (Wildman–Crippen LogP) is 2.04. The highest BCUT2D eigenvalue weighted by Crippen LogP contribution is 2.29. The number of ether oxygens (including phenoxy) is 1. The number of hydrogen-bond donors (Lipinski definition) is 2. The van der Waals surface area contributed by atoms with Crippen LogP contribution in [0.25, 0.3) is 0 Å². The van der Waals surface area contributed by atoms with Crippen LogP contribution in [0.5, 0.6) is 5.75 Å². The molecule has 1 saturated carbocycles. The van der Waals surface area contributed by atoms with Crippen LogP contribution in [0.2, 0.25) is 0 Å². The van der Waals surface area contributed by atoms with Crippen molar-refractivity contribution in [3.05, 3.63) is 29.8 Å². The van der Waals surface area contributed by atoms with E-state index in [4.69, 9.17) is 9.84 Å². The Morgan fingerprint density at radius 1 is 1.44 bits per heavy atom. The SMILES string of the molecule is CC(NCc1ccc(OCC2CC2)cc1)C(=O)O. The summed E-state index contributed by atoms with van der Waals surface area (Å²) < 4.78 is 5.63. The van der Waals surface area contributed by atoms with Crippen molar-refractivity contribution in [2.45, 2.75) is 32.4 Å². The molecule has 1 fully saturated rings. The predicted molar refractivity (Wildman–Crippen MR) is 68.6 cm³/mol. The van der Waals surface area contributed by atoms with E-state index in [2.05, 4.69) is 5.32 Å². The molecule has 0 aliphatic heterocycles. The number of benzene rings is 1. The summed E-state index contributed by atoms with van der Waals surface area (Å²) >= 11 is 0. The minimum atomic E-state index is -0.834. The van der Waals surface area contributed by atoms with E-state index in [9.17, 15) is 4.79 Å². The second-order valence-corrected chi connectivity index (χ2v) is 4.84. The van der Waals surface area contributed by atoms with Gasteiger partial charge in [-0.1, -0.05) is 12.1 Å². The molecule has 0 bridgehead atoms. The van der Waals surface area contributed by atoms with E-state index < -0.39 is 12.0 Å². The Hall–Kier alpha value is -1.55. The van der Waals surface area contributed by atoms with Crippen LogP contribution in [0.15, 0.2) is 24.3 Å². The third-order valence-corrected chi connectivity index (χ3v) is 3.09. The van der Waals surface area contributed by atoms with Gasteiger partial charge in [0.2, 0.25) is 0 Å². The van der Waals surface area contributed by atoms with Crippen LogP contribution in [0.1, 0.15) is 25.3 Å². The van der Waals surface area contributed by atoms with Gasteiger partial charge in [-0.25, -0.2) is 0 Å². The fourth-order valence-corrected chi connectivity index (χ4v) is 1.56. The van der Waals surface area contributed by atoms with E-state index in [1.54, 1.807) is 6.92 Å². The van der Waals surface area contributed by atoms with Gasteiger partial charge >= 0.3 is 5.97 Å². The van der Waals surface area contributed by atoms with Crippen molar-refractivity contribution in [3.63, 3.8) is 0 Å². The summed E-state index contributed by atoms with van der Waals surface area (Å²) in [7, 11) is 0. The number of carboxylic acids is 1. The summed E-state index contributed by atoms with van der Waals surface area (Å²) in [5, 5.41) is 11.7. The molecule has 0 amide bonds. The van der Waals surface area contributed by atoms with Crippen molar-refractivity contribution in [1.29, 1.82) is 0 Å². The molecular formula is C14H19NO3. The maximum Gasteiger partial charge on any atom is 0.320 e. The monoisotopic (exact) mass is 249 g/mol. The molecule has 1 aliphatic rings. The van der Waals surface area contributed by atoms with Gasteiger partial charge in [0.05, 0.1) is 6.61 Å². The van der Waals surface area contributed by atoms with Crippen LogP contribution in [0, 0.1) is 5.92 Å². The number of rotatable bonds is 7. The number of carbonyl (C=O) groups is 1. The molecule has 1 aromatic carbocycles. The third kappa shape index (κ3) is 4.04. The van der Waals surface area contributed by atoms with Crippen LogP contribution in [-0.4, -0.2) is 23.7 Å². The zero-order chi connectivity index (χ0) is 13.0. The van der Waals surface area contributed by atoms with Crippen LogP contribution in [0.4, 0.5) is 0 Å². The van der Waals surface area contributed by atoms with Gasteiger partial charge in [-0.05, 0) is 43.4 Å². The molecule has 98 valence electrons. The van der Waals surface area contributed by atoms with Crippen molar-refractivity contribution in [2.75, 3.05) is 6.61 Å². The minimum Gasteiger partial charge on any atom is -0.493 e. The summed E-state index contributed by atoms with van der Waals surface area (Å²) in [6, 6.07) is 7.26. The lowest BCUT2D eigenvalue weighted by molar-refractivity contribution is -0.139. The highest BCUT2D eigenvalue weighted by molar-refractivity contribution is 5.72. The van der Waals surface area contributed by atoms with E-state index in [1.807, 2.05) is 24.3 Å². The van der Waals surface area contributed by atoms with Crippen molar-refractivity contribution in [3.8, 4) is 5.75 Å². The molecule has 18 heavy (non-hydrogen) atoms. The Kier molecular flexibility index (Phi) is 4.20. The maximum absolute atomic E-state index is 10.6. The van der Waals surface area contributed by atoms with E-state index in [0.717, 1.165) is 23.8 Å². The molecule has 0 heterocycles. The Morgan fingerprint density at radius 2 is 2.11 bits per heavy atom. The van der Waals surface area contributed by atoms with Crippen LogP contribution < -0.4 is 10.1 Å². The van der Waals surface area contributed by atoms with Gasteiger partial charge in [0, 0.05) is 6.54 Å². The summed E-state index contributed by atoms with van der Waals surface area (Å²) in [5.74, 6) is 0.805. The molecule has 0 radical (unpaired) electrons. The number of aliphatic carboxylic acids is 1. The molecular weight excluding hydrogens is 230 g/mol. The molecule has 1 aromatic rings. The highest BCUT2D eigenvalue weighted by Gasteiger charge is 2.21. The topological polar surface area (TPSA) is 58.6 Å². The van der Waals surface area contributed by atoms with Crippen molar-refractivity contribution < 1.29 is 14.6 Å². The first-order valence-electron chi connectivity index (χ1n) is 6.33. The van der Waals surface area contributed by atoms with Gasteiger partial charge in [0.25, 0.3) is 0 Å². The summed E-state index contributed by atoms with van der Waals surface area (Å²) in [6.45, 7) is 3.00. The lowest BCUT2D eigenvalue weighted by atomic mass is 10.2. The van der Waals surface area contributed by atoms with Gasteiger partial charge in [-0.2, -0.15) is 0 Å². The smallest absolute Gasteiger partial charge is 0.320 e. The number of carboxylic acid groups (broad SMARTS) is 1. The zero-order valence-corrected chi connectivity index (χ0v) is 10.6. The van der Waals surface area contributed by atoms with Gasteiger partial charge < -0.3 is 15.2 Å². The van der Waals surface area contributed by atoms with E-state index in [-0.39, 0.29) is 0 Å². The van der Waals surface area contributed by atoms with E-state index in [0.29, 0.717) is 6.54 Å². The molecule has 2 rings (SSSR count). The summed E-state index contributed by atoms with van der Waals surface area (Å²) in [6.07, 6.45) is 2.57. The lowest BCUT2D eigenvalue weighted by Crippen LogP contribution is -2.33. The minimum absolute atomic E-state index is 0.532. The molecule has 1 aliphatic carbocycles. The standard InChI is InChI=1S/C14H19NO3/c1-10(14(16)17)15-8-11-4-6-13(7-5-11)18-9-12-2-3-12/h4-7,10,12,15H,2-3,8-9H2,1H3,(H,16,17). The third-order valence-electron chi connectivity index (χ3n) is 3.09. The van der Waals surface area contributed by atoms with Gasteiger partial charge in [-0.15, -0.1) is 0 Å². The van der Waals surface area contributed by atoms with Crippen LogP contribution >= 0.6 is 0 Å². The van der Waals surface area contributed by atoms with Gasteiger partial charge in [-0.3, -0.25) is 4.79 Å². The normalized spacial score (nSPS) is 16.3. The van der Waals surface area contributed by atoms with Crippen molar-refractivity contribution in [1.82, 2.24) is 5.32 Å². The molecule has 4 heteroatoms. The number of nitrogens with one attached hydrogen (secondary N) is 1. The van der Waals surface area contributed by atoms with Gasteiger partial charge in [0.15, 0.2) is 0 Å². The first-order valence-corrected chi connectivity index (χ1v) is 6.33.